The second-order valence-electron chi connectivity index (χ2n) is 7.97. The van der Waals surface area contributed by atoms with Crippen LogP contribution < -0.4 is 4.74 Å². The summed E-state index contributed by atoms with van der Waals surface area (Å²) in [7, 11) is 0. The van der Waals surface area contributed by atoms with Crippen molar-refractivity contribution in [3.63, 3.8) is 0 Å². The summed E-state index contributed by atoms with van der Waals surface area (Å²) in [6.45, 7) is 0.244. The molecule has 0 bridgehead atoms. The number of aromatic nitrogens is 3. The third-order valence-corrected chi connectivity index (χ3v) is 6.51. The highest BCUT2D eigenvalue weighted by atomic mass is 32.2. The molecule has 35 heavy (non-hydrogen) atoms. The molecule has 0 aliphatic heterocycles. The van der Waals surface area contributed by atoms with E-state index in [4.69, 9.17) is 4.74 Å². The van der Waals surface area contributed by atoms with E-state index in [0.717, 1.165) is 39.9 Å². The SMILES string of the molecule is Fc1ccc(-n2c(COc3ccc(-c4ccccc4)cc3)nnc2SCCc2ccccc2)cc1. The first kappa shape index (κ1) is 22.9. The van der Waals surface area contributed by atoms with Crippen molar-refractivity contribution in [2.45, 2.75) is 18.2 Å². The maximum absolute atomic E-state index is 13.6. The lowest BCUT2D eigenvalue weighted by atomic mass is 10.1. The molecular formula is C29H24FN3OS. The average molecular weight is 482 g/mol. The van der Waals surface area contributed by atoms with Crippen molar-refractivity contribution in [1.29, 1.82) is 0 Å². The van der Waals surface area contributed by atoms with Crippen LogP contribution in [0.2, 0.25) is 0 Å². The Hall–Kier alpha value is -3.90. The normalized spacial score (nSPS) is 10.9. The fraction of sp³-hybridized carbons (Fsp3) is 0.103. The lowest BCUT2D eigenvalue weighted by Gasteiger charge is -2.12. The van der Waals surface area contributed by atoms with Crippen LogP contribution in [-0.2, 0) is 13.0 Å². The third-order valence-electron chi connectivity index (χ3n) is 5.58. The maximum atomic E-state index is 13.6. The van der Waals surface area contributed by atoms with Crippen molar-refractivity contribution in [1.82, 2.24) is 14.8 Å². The lowest BCUT2D eigenvalue weighted by Crippen LogP contribution is -2.07. The molecule has 4 nitrogen and oxygen atoms in total. The van der Waals surface area contributed by atoms with E-state index in [0.29, 0.717) is 5.82 Å². The Morgan fingerprint density at radius 1 is 0.714 bits per heavy atom. The van der Waals surface area contributed by atoms with Gasteiger partial charge in [0.25, 0.3) is 0 Å². The van der Waals surface area contributed by atoms with Gasteiger partial charge in [0.05, 0.1) is 0 Å². The van der Waals surface area contributed by atoms with Crippen molar-refractivity contribution < 1.29 is 9.13 Å². The molecular weight excluding hydrogens is 457 g/mol. The molecule has 0 aliphatic carbocycles. The first-order chi connectivity index (χ1) is 17.3. The number of nitrogens with zero attached hydrogens (tertiary/aromatic N) is 3. The van der Waals surface area contributed by atoms with Crippen LogP contribution in [0.1, 0.15) is 11.4 Å². The first-order valence-corrected chi connectivity index (χ1v) is 12.4. The minimum absolute atomic E-state index is 0.244. The summed E-state index contributed by atoms with van der Waals surface area (Å²) in [6, 6.07) is 34.9. The Kier molecular flexibility index (Phi) is 7.20. The van der Waals surface area contributed by atoms with Crippen molar-refractivity contribution in [3.05, 3.63) is 126 Å². The zero-order chi connectivity index (χ0) is 23.9. The molecule has 0 saturated heterocycles. The second kappa shape index (κ2) is 11.0. The Morgan fingerprint density at radius 2 is 1.37 bits per heavy atom. The van der Waals surface area contributed by atoms with Crippen LogP contribution >= 0.6 is 11.8 Å². The molecule has 0 saturated carbocycles. The molecule has 5 rings (SSSR count). The van der Waals surface area contributed by atoms with Gasteiger partial charge in [0.1, 0.15) is 18.2 Å². The average Bonchev–Trinajstić information content (AvgIpc) is 3.32. The van der Waals surface area contributed by atoms with Crippen LogP contribution in [-0.4, -0.2) is 20.5 Å². The number of benzene rings is 4. The zero-order valence-corrected chi connectivity index (χ0v) is 19.9. The number of aryl methyl sites for hydroxylation is 1. The van der Waals surface area contributed by atoms with E-state index < -0.39 is 0 Å². The molecule has 1 aromatic heterocycles. The van der Waals surface area contributed by atoms with Gasteiger partial charge in [-0.05, 0) is 59.5 Å². The van der Waals surface area contributed by atoms with E-state index >= 15 is 0 Å². The van der Waals surface area contributed by atoms with E-state index in [9.17, 15) is 4.39 Å². The highest BCUT2D eigenvalue weighted by molar-refractivity contribution is 7.99. The smallest absolute Gasteiger partial charge is 0.195 e. The van der Waals surface area contributed by atoms with Gasteiger partial charge in [-0.3, -0.25) is 4.57 Å². The summed E-state index contributed by atoms with van der Waals surface area (Å²) in [5.74, 6) is 1.98. The first-order valence-electron chi connectivity index (χ1n) is 11.4. The Balaban J connectivity index is 1.31. The zero-order valence-electron chi connectivity index (χ0n) is 19.0. The summed E-state index contributed by atoms with van der Waals surface area (Å²) in [5, 5.41) is 9.56. The van der Waals surface area contributed by atoms with E-state index in [-0.39, 0.29) is 12.4 Å². The maximum Gasteiger partial charge on any atom is 0.195 e. The topological polar surface area (TPSA) is 39.9 Å². The summed E-state index contributed by atoms with van der Waals surface area (Å²) < 4.78 is 21.6. The molecule has 0 spiro atoms. The predicted octanol–water partition coefficient (Wildman–Crippen LogP) is 6.99. The van der Waals surface area contributed by atoms with E-state index in [1.54, 1.807) is 23.9 Å². The Bertz CT molecular complexity index is 1360. The van der Waals surface area contributed by atoms with Crippen molar-refractivity contribution in [3.8, 4) is 22.6 Å². The summed E-state index contributed by atoms with van der Waals surface area (Å²) in [4.78, 5) is 0. The minimum Gasteiger partial charge on any atom is -0.486 e. The van der Waals surface area contributed by atoms with Crippen LogP contribution in [0.15, 0.2) is 114 Å². The van der Waals surface area contributed by atoms with E-state index in [2.05, 4.69) is 34.5 Å². The van der Waals surface area contributed by atoms with Gasteiger partial charge < -0.3 is 4.74 Å². The van der Waals surface area contributed by atoms with E-state index in [1.807, 2.05) is 65.2 Å². The molecule has 6 heteroatoms. The van der Waals surface area contributed by atoms with Crippen LogP contribution in [0.3, 0.4) is 0 Å². The fourth-order valence-corrected chi connectivity index (χ4v) is 4.72. The van der Waals surface area contributed by atoms with Crippen LogP contribution in [0.25, 0.3) is 16.8 Å². The molecule has 0 unspecified atom stereocenters. The molecule has 0 atom stereocenters. The van der Waals surface area contributed by atoms with Gasteiger partial charge in [-0.25, -0.2) is 4.39 Å². The summed E-state index contributed by atoms with van der Waals surface area (Å²) >= 11 is 1.62. The van der Waals surface area contributed by atoms with Crippen LogP contribution in [0.4, 0.5) is 4.39 Å². The van der Waals surface area contributed by atoms with Crippen molar-refractivity contribution >= 4 is 11.8 Å². The molecule has 0 fully saturated rings. The second-order valence-corrected chi connectivity index (χ2v) is 9.04. The summed E-state index contributed by atoms with van der Waals surface area (Å²) in [5.41, 5.74) is 4.36. The Morgan fingerprint density at radius 3 is 2.09 bits per heavy atom. The number of thioether (sulfide) groups is 1. The predicted molar refractivity (Wildman–Crippen MR) is 138 cm³/mol. The van der Waals surface area contributed by atoms with Gasteiger partial charge in [-0.1, -0.05) is 84.6 Å². The van der Waals surface area contributed by atoms with Gasteiger partial charge in [-0.15, -0.1) is 10.2 Å². The molecule has 1 heterocycles. The lowest BCUT2D eigenvalue weighted by molar-refractivity contribution is 0.293. The quantitative estimate of drug-likeness (QED) is 0.213. The minimum atomic E-state index is -0.281. The third kappa shape index (κ3) is 5.78. The number of halogens is 1. The molecule has 4 aromatic carbocycles. The standard InChI is InChI=1S/C29H24FN3OS/c30-25-13-15-26(16-14-25)33-28(31-32-29(33)35-20-19-22-7-3-1-4-8-22)21-34-27-17-11-24(12-18-27)23-9-5-2-6-10-23/h1-18H,19-21H2. The van der Waals surface area contributed by atoms with Crippen molar-refractivity contribution in [2.75, 3.05) is 5.75 Å². The van der Waals surface area contributed by atoms with Gasteiger partial charge in [0.2, 0.25) is 0 Å². The molecule has 174 valence electrons. The number of ether oxygens (including phenoxy) is 1. The van der Waals surface area contributed by atoms with Crippen LogP contribution in [0, 0.1) is 5.82 Å². The van der Waals surface area contributed by atoms with Crippen LogP contribution in [0.5, 0.6) is 5.75 Å². The van der Waals surface area contributed by atoms with Gasteiger partial charge in [-0.2, -0.15) is 0 Å². The van der Waals surface area contributed by atoms with Gasteiger partial charge >= 0.3 is 0 Å². The van der Waals surface area contributed by atoms with E-state index in [1.165, 1.54) is 17.7 Å². The Labute approximate surface area is 208 Å². The largest absolute Gasteiger partial charge is 0.486 e. The number of hydrogen-bond donors (Lipinski definition) is 0. The van der Waals surface area contributed by atoms with Gasteiger partial charge in [0, 0.05) is 11.4 Å². The van der Waals surface area contributed by atoms with Crippen molar-refractivity contribution in [2.24, 2.45) is 0 Å². The number of hydrogen-bond acceptors (Lipinski definition) is 4. The number of rotatable bonds is 9. The monoisotopic (exact) mass is 481 g/mol. The summed E-state index contributed by atoms with van der Waals surface area (Å²) in [6.07, 6.45) is 0.918. The highest BCUT2D eigenvalue weighted by Gasteiger charge is 2.15. The molecule has 0 N–H and O–H groups in total. The van der Waals surface area contributed by atoms with Gasteiger partial charge in [0.15, 0.2) is 11.0 Å². The molecule has 0 radical (unpaired) electrons. The fourth-order valence-electron chi connectivity index (χ4n) is 3.76. The molecule has 0 amide bonds. The molecule has 5 aromatic rings. The highest BCUT2D eigenvalue weighted by Crippen LogP contribution is 2.26. The molecule has 0 aliphatic rings.